The smallest absolute Gasteiger partial charge is 0.260 e. The van der Waals surface area contributed by atoms with Crippen LogP contribution >= 0.6 is 36.2 Å². The van der Waals surface area contributed by atoms with Crippen LogP contribution in [0.4, 0.5) is 0 Å². The summed E-state index contributed by atoms with van der Waals surface area (Å²) in [5, 5.41) is 4.30. The van der Waals surface area contributed by atoms with Crippen LogP contribution in [-0.4, -0.2) is 17.4 Å². The van der Waals surface area contributed by atoms with Gasteiger partial charge in [0.15, 0.2) is 0 Å². The van der Waals surface area contributed by atoms with E-state index in [0.717, 1.165) is 18.0 Å². The minimum absolute atomic E-state index is 0. The number of aromatic nitrogens is 1. The highest BCUT2D eigenvalue weighted by molar-refractivity contribution is 7.13. The van der Waals surface area contributed by atoms with Crippen molar-refractivity contribution >= 4 is 42.1 Å². The van der Waals surface area contributed by atoms with Crippen molar-refractivity contribution in [3.05, 3.63) is 16.1 Å². The van der Waals surface area contributed by atoms with Crippen LogP contribution in [0.5, 0.6) is 0 Å². The van der Waals surface area contributed by atoms with Gasteiger partial charge in [0.05, 0.1) is 12.2 Å². The van der Waals surface area contributed by atoms with E-state index in [1.54, 1.807) is 6.20 Å². The number of thiazole rings is 1. The van der Waals surface area contributed by atoms with Crippen LogP contribution < -0.4 is 11.1 Å². The molecule has 1 aromatic rings. The van der Waals surface area contributed by atoms with Gasteiger partial charge in [-0.1, -0.05) is 0 Å². The van der Waals surface area contributed by atoms with Crippen molar-refractivity contribution in [2.45, 2.75) is 18.9 Å². The molecule has 3 N–H and O–H groups in total. The van der Waals surface area contributed by atoms with E-state index >= 15 is 0 Å². The molecule has 1 aliphatic heterocycles. The summed E-state index contributed by atoms with van der Waals surface area (Å²) in [5.41, 5.74) is 5.14. The molecule has 1 fully saturated rings. The summed E-state index contributed by atoms with van der Waals surface area (Å²) in [5.74, 6) is -0.387. The van der Waals surface area contributed by atoms with Gasteiger partial charge in [0.2, 0.25) is 0 Å². The number of amides is 1. The Kier molecular flexibility index (Phi) is 6.12. The second-order valence-electron chi connectivity index (χ2n) is 3.08. The number of carbonyl (C=O) groups excluding carboxylic acids is 1. The van der Waals surface area contributed by atoms with Crippen LogP contribution in [0.25, 0.3) is 0 Å². The van der Waals surface area contributed by atoms with E-state index in [1.807, 2.05) is 0 Å². The number of halogens is 2. The minimum Gasteiger partial charge on any atom is -0.365 e. The molecule has 2 heterocycles. The molecule has 4 nitrogen and oxygen atoms in total. The third-order valence-corrected chi connectivity index (χ3v) is 3.25. The Morgan fingerprint density at radius 3 is 2.80 bits per heavy atom. The Bertz CT molecular complexity index is 325. The van der Waals surface area contributed by atoms with Crippen LogP contribution in [0.2, 0.25) is 0 Å². The highest BCUT2D eigenvalue weighted by Crippen LogP contribution is 2.26. The topological polar surface area (TPSA) is 68.0 Å². The zero-order valence-corrected chi connectivity index (χ0v) is 10.4. The number of carbonyl (C=O) groups is 1. The van der Waals surface area contributed by atoms with E-state index in [-0.39, 0.29) is 30.7 Å². The van der Waals surface area contributed by atoms with E-state index < -0.39 is 0 Å². The molecule has 0 aromatic carbocycles. The van der Waals surface area contributed by atoms with E-state index in [9.17, 15) is 4.79 Å². The van der Waals surface area contributed by atoms with Crippen molar-refractivity contribution in [3.63, 3.8) is 0 Å². The average molecular weight is 270 g/mol. The SMILES string of the molecule is Cl.Cl.NC(=O)c1cnc(C2CCCN2)s1. The van der Waals surface area contributed by atoms with Gasteiger partial charge in [-0.05, 0) is 19.4 Å². The largest absolute Gasteiger partial charge is 0.365 e. The Balaban J connectivity index is 0.000000980. The summed E-state index contributed by atoms with van der Waals surface area (Å²) in [6, 6.07) is 0.332. The van der Waals surface area contributed by atoms with E-state index in [0.29, 0.717) is 10.9 Å². The minimum atomic E-state index is -0.387. The van der Waals surface area contributed by atoms with Gasteiger partial charge >= 0.3 is 0 Å². The first-order valence-electron chi connectivity index (χ1n) is 4.26. The summed E-state index contributed by atoms with van der Waals surface area (Å²) < 4.78 is 0. The van der Waals surface area contributed by atoms with Crippen LogP contribution in [0.15, 0.2) is 6.20 Å². The van der Waals surface area contributed by atoms with E-state index in [4.69, 9.17) is 5.73 Å². The van der Waals surface area contributed by atoms with Gasteiger partial charge in [0.25, 0.3) is 5.91 Å². The molecule has 0 aliphatic carbocycles. The van der Waals surface area contributed by atoms with Crippen molar-refractivity contribution in [3.8, 4) is 0 Å². The van der Waals surface area contributed by atoms with Crippen LogP contribution in [0.3, 0.4) is 0 Å². The van der Waals surface area contributed by atoms with Crippen LogP contribution in [-0.2, 0) is 0 Å². The molecule has 1 atom stereocenters. The van der Waals surface area contributed by atoms with Gasteiger partial charge < -0.3 is 11.1 Å². The second-order valence-corrected chi connectivity index (χ2v) is 4.14. The molecule has 1 aromatic heterocycles. The van der Waals surface area contributed by atoms with E-state index in [2.05, 4.69) is 10.3 Å². The molecule has 1 saturated heterocycles. The first-order chi connectivity index (χ1) is 6.27. The standard InChI is InChI=1S/C8H11N3OS.2ClH/c9-7(12)6-4-11-8(13-6)5-2-1-3-10-5;;/h4-5,10H,1-3H2,(H2,9,12);2*1H. The quantitative estimate of drug-likeness (QED) is 0.856. The highest BCUT2D eigenvalue weighted by Gasteiger charge is 2.20. The predicted molar refractivity (Wildman–Crippen MR) is 65.1 cm³/mol. The lowest BCUT2D eigenvalue weighted by Gasteiger charge is -2.03. The molecular formula is C8H13Cl2N3OS. The number of hydrogen-bond acceptors (Lipinski definition) is 4. The summed E-state index contributed by atoms with van der Waals surface area (Å²) in [6.45, 7) is 1.04. The number of rotatable bonds is 2. The molecular weight excluding hydrogens is 257 g/mol. The molecule has 0 saturated carbocycles. The number of nitrogens with one attached hydrogen (secondary N) is 1. The predicted octanol–water partition coefficient (Wildman–Crippen LogP) is 1.51. The monoisotopic (exact) mass is 269 g/mol. The van der Waals surface area contributed by atoms with Crippen LogP contribution in [0.1, 0.15) is 33.6 Å². The Hall–Kier alpha value is -0.360. The first kappa shape index (κ1) is 14.6. The molecule has 7 heteroatoms. The molecule has 1 aliphatic rings. The Labute approximate surface area is 104 Å². The van der Waals surface area contributed by atoms with Gasteiger partial charge in [0, 0.05) is 0 Å². The van der Waals surface area contributed by atoms with Crippen molar-refractivity contribution in [1.82, 2.24) is 10.3 Å². The van der Waals surface area contributed by atoms with Gasteiger partial charge in [0.1, 0.15) is 9.88 Å². The molecule has 86 valence electrons. The summed E-state index contributed by atoms with van der Waals surface area (Å²) in [6.07, 6.45) is 3.84. The normalized spacial score (nSPS) is 19.1. The molecule has 15 heavy (non-hydrogen) atoms. The second kappa shape index (κ2) is 6.27. The third kappa shape index (κ3) is 3.31. The number of nitrogens with zero attached hydrogens (tertiary/aromatic N) is 1. The number of hydrogen-bond donors (Lipinski definition) is 2. The Morgan fingerprint density at radius 2 is 2.33 bits per heavy atom. The fourth-order valence-corrected chi connectivity index (χ4v) is 2.34. The summed E-state index contributed by atoms with van der Waals surface area (Å²) in [7, 11) is 0. The first-order valence-corrected chi connectivity index (χ1v) is 5.08. The summed E-state index contributed by atoms with van der Waals surface area (Å²) >= 11 is 1.39. The zero-order chi connectivity index (χ0) is 9.26. The van der Waals surface area contributed by atoms with Crippen molar-refractivity contribution in [2.75, 3.05) is 6.54 Å². The average Bonchev–Trinajstić information content (AvgIpc) is 2.75. The van der Waals surface area contributed by atoms with Gasteiger partial charge in [-0.2, -0.15) is 0 Å². The lowest BCUT2D eigenvalue weighted by Crippen LogP contribution is -2.12. The lowest BCUT2D eigenvalue weighted by atomic mass is 10.2. The van der Waals surface area contributed by atoms with Crippen molar-refractivity contribution in [1.29, 1.82) is 0 Å². The molecule has 1 unspecified atom stereocenters. The lowest BCUT2D eigenvalue weighted by molar-refractivity contribution is 0.100. The van der Waals surface area contributed by atoms with Gasteiger partial charge in [-0.15, -0.1) is 36.2 Å². The Morgan fingerprint density at radius 1 is 1.60 bits per heavy atom. The van der Waals surface area contributed by atoms with Gasteiger partial charge in [-0.3, -0.25) is 4.79 Å². The highest BCUT2D eigenvalue weighted by atomic mass is 35.5. The molecule has 0 radical (unpaired) electrons. The maximum absolute atomic E-state index is 10.8. The maximum atomic E-state index is 10.8. The van der Waals surface area contributed by atoms with Gasteiger partial charge in [-0.25, -0.2) is 4.98 Å². The van der Waals surface area contributed by atoms with Crippen molar-refractivity contribution < 1.29 is 4.79 Å². The van der Waals surface area contributed by atoms with Crippen molar-refractivity contribution in [2.24, 2.45) is 5.73 Å². The fraction of sp³-hybridized carbons (Fsp3) is 0.500. The fourth-order valence-electron chi connectivity index (χ4n) is 1.46. The maximum Gasteiger partial charge on any atom is 0.260 e. The zero-order valence-electron chi connectivity index (χ0n) is 7.93. The third-order valence-electron chi connectivity index (χ3n) is 2.12. The van der Waals surface area contributed by atoms with Crippen LogP contribution in [0, 0.1) is 0 Å². The molecule has 0 spiro atoms. The number of nitrogens with two attached hydrogens (primary N) is 1. The molecule has 1 amide bonds. The molecule has 0 bridgehead atoms. The number of primary amides is 1. The van der Waals surface area contributed by atoms with E-state index in [1.165, 1.54) is 17.8 Å². The summed E-state index contributed by atoms with van der Waals surface area (Å²) in [4.78, 5) is 15.5. The molecule has 2 rings (SSSR count).